The van der Waals surface area contributed by atoms with Crippen molar-refractivity contribution < 1.29 is 19.2 Å². The normalized spacial score (nSPS) is 11.7. The first kappa shape index (κ1) is 19.9. The molecule has 0 aliphatic rings. The number of carbonyl (C=O) groups is 1. The summed E-state index contributed by atoms with van der Waals surface area (Å²) in [6, 6.07) is 21.6. The van der Waals surface area contributed by atoms with Crippen molar-refractivity contribution in [1.82, 2.24) is 0 Å². The molecular weight excluding hydrogens is 379 g/mol. The van der Waals surface area contributed by atoms with E-state index in [4.69, 9.17) is 16.3 Å². The standard InChI is InChI=1S/C22H20ClFN2O2/c1-28-18-10-7-16(8-11-18)22(15-5-3-2-4-6-15)25-14-21(27)26-20-12-9-17(24)13-19(20)23/h2-13,22,25H,14H2,1H3,(H,26,27)/p+1/t22-/m1/s1. The van der Waals surface area contributed by atoms with E-state index in [0.29, 0.717) is 5.69 Å². The van der Waals surface area contributed by atoms with Crippen molar-refractivity contribution >= 4 is 23.2 Å². The molecule has 3 N–H and O–H groups in total. The number of ether oxygens (including phenoxy) is 1. The Morgan fingerprint density at radius 2 is 1.75 bits per heavy atom. The lowest BCUT2D eigenvalue weighted by Gasteiger charge is -2.17. The van der Waals surface area contributed by atoms with Crippen molar-refractivity contribution in [3.05, 3.63) is 94.8 Å². The summed E-state index contributed by atoms with van der Waals surface area (Å²) in [6.45, 7) is 0.180. The minimum atomic E-state index is -0.446. The molecule has 0 heterocycles. The Labute approximate surface area is 168 Å². The van der Waals surface area contributed by atoms with Crippen LogP contribution in [0.1, 0.15) is 17.2 Å². The first-order chi connectivity index (χ1) is 13.6. The van der Waals surface area contributed by atoms with E-state index in [1.165, 1.54) is 18.2 Å². The lowest BCUT2D eigenvalue weighted by Crippen LogP contribution is -2.87. The number of benzene rings is 3. The van der Waals surface area contributed by atoms with Crippen LogP contribution in [-0.4, -0.2) is 19.6 Å². The van der Waals surface area contributed by atoms with E-state index < -0.39 is 5.82 Å². The number of quaternary nitrogens is 1. The fraction of sp³-hybridized carbons (Fsp3) is 0.136. The van der Waals surface area contributed by atoms with Gasteiger partial charge in [0.15, 0.2) is 6.54 Å². The van der Waals surface area contributed by atoms with Gasteiger partial charge in [-0.1, -0.05) is 41.9 Å². The van der Waals surface area contributed by atoms with Gasteiger partial charge in [-0.05, 0) is 42.5 Å². The third kappa shape index (κ3) is 5.09. The number of carbonyl (C=O) groups excluding carboxylic acids is 1. The molecule has 0 unspecified atom stereocenters. The minimum Gasteiger partial charge on any atom is -0.497 e. The molecule has 4 nitrogen and oxygen atoms in total. The molecule has 3 rings (SSSR count). The van der Waals surface area contributed by atoms with Crippen molar-refractivity contribution in [3.63, 3.8) is 0 Å². The maximum Gasteiger partial charge on any atom is 0.279 e. The van der Waals surface area contributed by atoms with Crippen LogP contribution in [0.5, 0.6) is 5.75 Å². The molecule has 3 aromatic rings. The van der Waals surface area contributed by atoms with Crippen LogP contribution in [0.2, 0.25) is 5.02 Å². The van der Waals surface area contributed by atoms with Crippen molar-refractivity contribution in [3.8, 4) is 5.75 Å². The molecule has 144 valence electrons. The Kier molecular flexibility index (Phi) is 6.63. The topological polar surface area (TPSA) is 54.9 Å². The van der Waals surface area contributed by atoms with Crippen molar-refractivity contribution in [2.75, 3.05) is 19.0 Å². The summed E-state index contributed by atoms with van der Waals surface area (Å²) >= 11 is 5.98. The van der Waals surface area contributed by atoms with E-state index in [1.807, 2.05) is 59.9 Å². The van der Waals surface area contributed by atoms with Gasteiger partial charge in [0, 0.05) is 11.1 Å². The summed E-state index contributed by atoms with van der Waals surface area (Å²) in [5.41, 5.74) is 2.53. The summed E-state index contributed by atoms with van der Waals surface area (Å²) < 4.78 is 18.4. The molecule has 1 atom stereocenters. The van der Waals surface area contributed by atoms with Gasteiger partial charge in [-0.3, -0.25) is 4.79 Å². The van der Waals surface area contributed by atoms with Gasteiger partial charge >= 0.3 is 0 Å². The SMILES string of the molecule is COc1ccc([C@H]([NH2+]CC(=O)Nc2ccc(F)cc2Cl)c2ccccc2)cc1. The third-order valence-corrected chi connectivity index (χ3v) is 4.69. The maximum absolute atomic E-state index is 13.2. The average Bonchev–Trinajstić information content (AvgIpc) is 2.71. The Morgan fingerprint density at radius 3 is 2.39 bits per heavy atom. The van der Waals surface area contributed by atoms with E-state index >= 15 is 0 Å². The van der Waals surface area contributed by atoms with E-state index in [9.17, 15) is 9.18 Å². The number of nitrogens with one attached hydrogen (secondary N) is 1. The summed E-state index contributed by atoms with van der Waals surface area (Å²) in [5, 5.41) is 4.84. The predicted molar refractivity (Wildman–Crippen MR) is 108 cm³/mol. The zero-order valence-corrected chi connectivity index (χ0v) is 16.1. The van der Waals surface area contributed by atoms with Crippen molar-refractivity contribution in [2.45, 2.75) is 6.04 Å². The lowest BCUT2D eigenvalue weighted by molar-refractivity contribution is -0.676. The van der Waals surface area contributed by atoms with Gasteiger partial charge in [-0.25, -0.2) is 4.39 Å². The Morgan fingerprint density at radius 1 is 1.07 bits per heavy atom. The molecule has 0 aliphatic carbocycles. The van der Waals surface area contributed by atoms with E-state index in [-0.39, 0.29) is 23.5 Å². The summed E-state index contributed by atoms with van der Waals surface area (Å²) in [4.78, 5) is 12.4. The number of methoxy groups -OCH3 is 1. The third-order valence-electron chi connectivity index (χ3n) is 4.38. The van der Waals surface area contributed by atoms with Crippen LogP contribution in [0.4, 0.5) is 10.1 Å². The first-order valence-electron chi connectivity index (χ1n) is 8.84. The second kappa shape index (κ2) is 9.35. The maximum atomic E-state index is 13.2. The van der Waals surface area contributed by atoms with Crippen LogP contribution >= 0.6 is 11.6 Å². The van der Waals surface area contributed by atoms with Crippen LogP contribution in [-0.2, 0) is 4.79 Å². The zero-order chi connectivity index (χ0) is 19.9. The van der Waals surface area contributed by atoms with Gasteiger partial charge in [0.1, 0.15) is 17.6 Å². The van der Waals surface area contributed by atoms with Crippen LogP contribution in [0.15, 0.2) is 72.8 Å². The lowest BCUT2D eigenvalue weighted by atomic mass is 9.98. The Bertz CT molecular complexity index is 933. The van der Waals surface area contributed by atoms with E-state index in [0.717, 1.165) is 16.9 Å². The molecule has 0 saturated heterocycles. The zero-order valence-electron chi connectivity index (χ0n) is 15.4. The van der Waals surface area contributed by atoms with E-state index in [2.05, 4.69) is 5.32 Å². The van der Waals surface area contributed by atoms with Gasteiger partial charge in [-0.2, -0.15) is 0 Å². The average molecular weight is 400 g/mol. The van der Waals surface area contributed by atoms with Crippen LogP contribution < -0.4 is 15.4 Å². The molecule has 3 aromatic carbocycles. The highest BCUT2D eigenvalue weighted by molar-refractivity contribution is 6.33. The number of amides is 1. The van der Waals surface area contributed by atoms with E-state index in [1.54, 1.807) is 7.11 Å². The largest absolute Gasteiger partial charge is 0.497 e. The summed E-state index contributed by atoms with van der Waals surface area (Å²) in [6.07, 6.45) is 0. The van der Waals surface area contributed by atoms with Crippen LogP contribution in [0.25, 0.3) is 0 Å². The summed E-state index contributed by atoms with van der Waals surface area (Å²) in [7, 11) is 1.63. The molecule has 6 heteroatoms. The highest BCUT2D eigenvalue weighted by Crippen LogP contribution is 2.23. The number of nitrogens with two attached hydrogens (primary N) is 1. The van der Waals surface area contributed by atoms with Gasteiger partial charge in [0.25, 0.3) is 5.91 Å². The molecule has 0 aliphatic heterocycles. The molecular formula is C22H21ClFN2O2+. The minimum absolute atomic E-state index is 0.0541. The number of hydrogen-bond acceptors (Lipinski definition) is 2. The molecule has 0 fully saturated rings. The quantitative estimate of drug-likeness (QED) is 0.635. The molecule has 0 spiro atoms. The van der Waals surface area contributed by atoms with Crippen LogP contribution in [0.3, 0.4) is 0 Å². The Balaban J connectivity index is 1.73. The first-order valence-corrected chi connectivity index (χ1v) is 9.21. The fourth-order valence-corrected chi connectivity index (χ4v) is 3.17. The molecule has 28 heavy (non-hydrogen) atoms. The summed E-state index contributed by atoms with van der Waals surface area (Å²) in [5.74, 6) is 0.111. The van der Waals surface area contributed by atoms with Gasteiger partial charge in [0.2, 0.25) is 0 Å². The molecule has 1 amide bonds. The van der Waals surface area contributed by atoms with Crippen molar-refractivity contribution in [2.24, 2.45) is 0 Å². The highest BCUT2D eigenvalue weighted by Gasteiger charge is 2.19. The van der Waals surface area contributed by atoms with Gasteiger partial charge < -0.3 is 15.4 Å². The number of halogens is 2. The monoisotopic (exact) mass is 399 g/mol. The molecule has 0 saturated carbocycles. The van der Waals surface area contributed by atoms with Crippen LogP contribution in [0, 0.1) is 5.82 Å². The van der Waals surface area contributed by atoms with Gasteiger partial charge in [0.05, 0.1) is 17.8 Å². The highest BCUT2D eigenvalue weighted by atomic mass is 35.5. The predicted octanol–water partition coefficient (Wildman–Crippen LogP) is 3.78. The Hall–Kier alpha value is -2.89. The number of anilines is 1. The second-order valence-corrected chi connectivity index (χ2v) is 6.68. The smallest absolute Gasteiger partial charge is 0.279 e. The molecule has 0 radical (unpaired) electrons. The molecule has 0 aromatic heterocycles. The fourth-order valence-electron chi connectivity index (χ4n) is 2.95. The molecule has 0 bridgehead atoms. The number of rotatable bonds is 7. The van der Waals surface area contributed by atoms with Gasteiger partial charge in [-0.15, -0.1) is 0 Å². The second-order valence-electron chi connectivity index (χ2n) is 6.27. The van der Waals surface area contributed by atoms with Crippen molar-refractivity contribution in [1.29, 1.82) is 0 Å². The number of hydrogen-bond donors (Lipinski definition) is 2.